The van der Waals surface area contributed by atoms with Crippen LogP contribution in [0.3, 0.4) is 0 Å². The van der Waals surface area contributed by atoms with E-state index in [4.69, 9.17) is 10.2 Å². The third-order valence-electron chi connectivity index (χ3n) is 2.83. The molecule has 110 valence electrons. The van der Waals surface area contributed by atoms with Gasteiger partial charge in [0.1, 0.15) is 5.56 Å². The van der Waals surface area contributed by atoms with Gasteiger partial charge in [-0.2, -0.15) is 0 Å². The zero-order chi connectivity index (χ0) is 15.1. The van der Waals surface area contributed by atoms with Gasteiger partial charge in [0, 0.05) is 12.6 Å². The van der Waals surface area contributed by atoms with Crippen LogP contribution in [-0.2, 0) is 6.54 Å². The Hall–Kier alpha value is -1.99. The summed E-state index contributed by atoms with van der Waals surface area (Å²) in [5.41, 5.74) is -0.301. The second-order valence-electron chi connectivity index (χ2n) is 4.54. The van der Waals surface area contributed by atoms with Crippen LogP contribution in [-0.4, -0.2) is 33.8 Å². The van der Waals surface area contributed by atoms with Gasteiger partial charge in [-0.1, -0.05) is 12.1 Å². The lowest BCUT2D eigenvalue weighted by atomic mass is 10.1. The van der Waals surface area contributed by atoms with Crippen LogP contribution in [0.25, 0.3) is 0 Å². The number of benzene rings is 1. The Morgan fingerprint density at radius 2 is 2.20 bits per heavy atom. The number of hydrogen-bond acceptors (Lipinski definition) is 5. The molecule has 7 nitrogen and oxygen atoms in total. The summed E-state index contributed by atoms with van der Waals surface area (Å²) in [4.78, 5) is 21.3. The zero-order valence-corrected chi connectivity index (χ0v) is 11.2. The number of carboxylic acids is 1. The largest absolute Gasteiger partial charge is 0.477 e. The maximum Gasteiger partial charge on any atom is 0.343 e. The van der Waals surface area contributed by atoms with Crippen LogP contribution in [0.4, 0.5) is 5.69 Å². The minimum atomic E-state index is -1.31. The van der Waals surface area contributed by atoms with Crippen LogP contribution in [0, 0.1) is 10.1 Å². The molecule has 0 aliphatic carbocycles. The quantitative estimate of drug-likeness (QED) is 0.379. The molecule has 1 unspecified atom stereocenters. The van der Waals surface area contributed by atoms with E-state index in [1.807, 2.05) is 0 Å². The standard InChI is InChI=1S/C13H18N2O5/c1-9(16)4-3-7-14-8-10-5-2-6-11(15(19)20)12(10)13(17)18/h2,5-6,9,14,16H,3-4,7-8H2,1H3,(H,17,18). The zero-order valence-electron chi connectivity index (χ0n) is 11.2. The average Bonchev–Trinajstić information content (AvgIpc) is 2.37. The Kier molecular flexibility index (Phi) is 6.08. The Morgan fingerprint density at radius 3 is 2.75 bits per heavy atom. The highest BCUT2D eigenvalue weighted by Gasteiger charge is 2.22. The van der Waals surface area contributed by atoms with Gasteiger partial charge in [-0.15, -0.1) is 0 Å². The molecule has 0 fully saturated rings. The molecular formula is C13H18N2O5. The SMILES string of the molecule is CC(O)CCCNCc1cccc([N+](=O)[O-])c1C(=O)O. The molecule has 1 rings (SSSR count). The van der Waals surface area contributed by atoms with Gasteiger partial charge in [-0.05, 0) is 31.9 Å². The summed E-state index contributed by atoms with van der Waals surface area (Å²) in [6, 6.07) is 4.20. The van der Waals surface area contributed by atoms with Crippen molar-refractivity contribution in [2.24, 2.45) is 0 Å². The van der Waals surface area contributed by atoms with E-state index >= 15 is 0 Å². The van der Waals surface area contributed by atoms with Gasteiger partial charge in [0.05, 0.1) is 11.0 Å². The van der Waals surface area contributed by atoms with Crippen LogP contribution in [0.15, 0.2) is 18.2 Å². The van der Waals surface area contributed by atoms with Crippen molar-refractivity contribution >= 4 is 11.7 Å². The van der Waals surface area contributed by atoms with Gasteiger partial charge in [0.15, 0.2) is 0 Å². The van der Waals surface area contributed by atoms with E-state index in [1.54, 1.807) is 13.0 Å². The molecule has 0 amide bonds. The number of aliphatic hydroxyl groups is 1. The summed E-state index contributed by atoms with van der Waals surface area (Å²) < 4.78 is 0. The molecule has 0 saturated heterocycles. The maximum absolute atomic E-state index is 11.2. The molecule has 0 aromatic heterocycles. The number of hydrogen-bond donors (Lipinski definition) is 3. The molecule has 0 radical (unpaired) electrons. The molecule has 0 bridgehead atoms. The van der Waals surface area contributed by atoms with E-state index in [2.05, 4.69) is 5.32 Å². The van der Waals surface area contributed by atoms with Crippen LogP contribution in [0.5, 0.6) is 0 Å². The van der Waals surface area contributed by atoms with Gasteiger partial charge >= 0.3 is 5.97 Å². The topological polar surface area (TPSA) is 113 Å². The van der Waals surface area contributed by atoms with Crippen LogP contribution < -0.4 is 5.32 Å². The van der Waals surface area contributed by atoms with Gasteiger partial charge in [0.2, 0.25) is 0 Å². The van der Waals surface area contributed by atoms with E-state index in [-0.39, 0.29) is 18.2 Å². The molecule has 0 saturated carbocycles. The molecule has 1 atom stereocenters. The number of carbonyl (C=O) groups is 1. The summed E-state index contributed by atoms with van der Waals surface area (Å²) in [6.45, 7) is 2.54. The van der Waals surface area contributed by atoms with Crippen molar-refractivity contribution in [1.29, 1.82) is 0 Å². The normalized spacial score (nSPS) is 12.1. The first-order chi connectivity index (χ1) is 9.43. The van der Waals surface area contributed by atoms with E-state index in [0.29, 0.717) is 18.5 Å². The fraction of sp³-hybridized carbons (Fsp3) is 0.462. The van der Waals surface area contributed by atoms with Crippen molar-refractivity contribution in [2.75, 3.05) is 6.54 Å². The van der Waals surface area contributed by atoms with Crippen molar-refractivity contribution in [2.45, 2.75) is 32.4 Å². The smallest absolute Gasteiger partial charge is 0.343 e. The molecule has 0 aliphatic rings. The molecule has 0 spiro atoms. The summed E-state index contributed by atoms with van der Waals surface area (Å²) in [6.07, 6.45) is 1.02. The predicted octanol–water partition coefficient (Wildman–Crippen LogP) is 1.54. The maximum atomic E-state index is 11.2. The van der Waals surface area contributed by atoms with Crippen molar-refractivity contribution in [3.8, 4) is 0 Å². The number of rotatable bonds is 8. The number of nitro benzene ring substituents is 1. The summed E-state index contributed by atoms with van der Waals surface area (Å²) in [5, 5.41) is 32.1. The highest BCUT2D eigenvalue weighted by atomic mass is 16.6. The predicted molar refractivity (Wildman–Crippen MR) is 72.7 cm³/mol. The second-order valence-corrected chi connectivity index (χ2v) is 4.54. The van der Waals surface area contributed by atoms with E-state index in [9.17, 15) is 14.9 Å². The van der Waals surface area contributed by atoms with Gasteiger partial charge in [-0.25, -0.2) is 4.79 Å². The summed E-state index contributed by atoms with van der Waals surface area (Å²) in [5.74, 6) is -1.31. The number of nitrogens with zero attached hydrogens (tertiary/aromatic N) is 1. The molecule has 1 aromatic rings. The van der Waals surface area contributed by atoms with Crippen LogP contribution >= 0.6 is 0 Å². The van der Waals surface area contributed by atoms with Crippen molar-refractivity contribution in [3.63, 3.8) is 0 Å². The lowest BCUT2D eigenvalue weighted by molar-refractivity contribution is -0.385. The first-order valence-electron chi connectivity index (χ1n) is 6.31. The van der Waals surface area contributed by atoms with Gasteiger partial charge < -0.3 is 15.5 Å². The van der Waals surface area contributed by atoms with Crippen molar-refractivity contribution in [1.82, 2.24) is 5.32 Å². The summed E-state index contributed by atoms with van der Waals surface area (Å²) in [7, 11) is 0. The number of nitrogens with one attached hydrogen (secondary N) is 1. The average molecular weight is 282 g/mol. The summed E-state index contributed by atoms with van der Waals surface area (Å²) >= 11 is 0. The Labute approximate surface area is 116 Å². The van der Waals surface area contributed by atoms with Gasteiger partial charge in [-0.3, -0.25) is 10.1 Å². The lowest BCUT2D eigenvalue weighted by Crippen LogP contribution is -2.18. The minimum Gasteiger partial charge on any atom is -0.477 e. The Balaban J connectivity index is 2.72. The highest BCUT2D eigenvalue weighted by molar-refractivity contribution is 5.94. The van der Waals surface area contributed by atoms with Crippen molar-refractivity contribution < 1.29 is 19.9 Å². The lowest BCUT2D eigenvalue weighted by Gasteiger charge is -2.09. The molecule has 7 heteroatoms. The Bertz CT molecular complexity index is 488. The number of nitro groups is 1. The Morgan fingerprint density at radius 1 is 1.50 bits per heavy atom. The molecule has 20 heavy (non-hydrogen) atoms. The second kappa shape index (κ2) is 7.56. The van der Waals surface area contributed by atoms with Crippen LogP contribution in [0.2, 0.25) is 0 Å². The molecule has 3 N–H and O–H groups in total. The first-order valence-corrected chi connectivity index (χ1v) is 6.31. The van der Waals surface area contributed by atoms with Gasteiger partial charge in [0.25, 0.3) is 5.69 Å². The molecule has 0 aliphatic heterocycles. The highest BCUT2D eigenvalue weighted by Crippen LogP contribution is 2.22. The van der Waals surface area contributed by atoms with Crippen LogP contribution in [0.1, 0.15) is 35.7 Å². The third kappa shape index (κ3) is 4.60. The van der Waals surface area contributed by atoms with E-state index < -0.39 is 16.6 Å². The first kappa shape index (κ1) is 16.1. The third-order valence-corrected chi connectivity index (χ3v) is 2.83. The number of carboxylic acid groups (broad SMARTS) is 1. The minimum absolute atomic E-state index is 0.239. The molecule has 0 heterocycles. The fourth-order valence-electron chi connectivity index (χ4n) is 1.88. The number of aliphatic hydroxyl groups excluding tert-OH is 1. The molecular weight excluding hydrogens is 264 g/mol. The van der Waals surface area contributed by atoms with Crippen molar-refractivity contribution in [3.05, 3.63) is 39.4 Å². The monoisotopic (exact) mass is 282 g/mol. The molecule has 1 aromatic carbocycles. The van der Waals surface area contributed by atoms with E-state index in [0.717, 1.165) is 6.42 Å². The number of aromatic carboxylic acids is 1. The fourth-order valence-corrected chi connectivity index (χ4v) is 1.88. The van der Waals surface area contributed by atoms with E-state index in [1.165, 1.54) is 12.1 Å².